The van der Waals surface area contributed by atoms with E-state index >= 15 is 0 Å². The van der Waals surface area contributed by atoms with Crippen molar-refractivity contribution in [1.82, 2.24) is 15.1 Å². The van der Waals surface area contributed by atoms with Gasteiger partial charge in [0.05, 0.1) is 32.4 Å². The van der Waals surface area contributed by atoms with Crippen LogP contribution in [0, 0.1) is 11.7 Å². The van der Waals surface area contributed by atoms with Gasteiger partial charge in [0.25, 0.3) is 0 Å². The zero-order valence-corrected chi connectivity index (χ0v) is 17.1. The zero-order valence-electron chi connectivity index (χ0n) is 17.1. The van der Waals surface area contributed by atoms with E-state index in [1.54, 1.807) is 12.1 Å². The van der Waals surface area contributed by atoms with Crippen LogP contribution in [0.4, 0.5) is 4.39 Å². The Kier molecular flexibility index (Phi) is 8.06. The van der Waals surface area contributed by atoms with E-state index in [-0.39, 0.29) is 11.9 Å². The molecule has 6 nitrogen and oxygen atoms in total. The van der Waals surface area contributed by atoms with E-state index in [4.69, 9.17) is 14.5 Å². The quantitative estimate of drug-likeness (QED) is 0.569. The molecule has 28 heavy (non-hydrogen) atoms. The molecule has 0 spiro atoms. The molecule has 0 bridgehead atoms. The standard InChI is InChI=1S/C21H33FN4O2/c1-3-23-21(25(2)15-17-7-10-28-16-17)24-14-20(26-8-11-27-12-9-26)18-5-4-6-19(22)13-18/h4-6,13,17,20H,3,7-12,14-16H2,1-2H3,(H,23,24). The maximum Gasteiger partial charge on any atom is 0.193 e. The predicted molar refractivity (Wildman–Crippen MR) is 109 cm³/mol. The molecule has 0 aliphatic carbocycles. The van der Waals surface area contributed by atoms with Crippen LogP contribution >= 0.6 is 0 Å². The molecule has 1 aromatic carbocycles. The lowest BCUT2D eigenvalue weighted by Gasteiger charge is -2.34. The monoisotopic (exact) mass is 392 g/mol. The first-order valence-electron chi connectivity index (χ1n) is 10.3. The fourth-order valence-corrected chi connectivity index (χ4v) is 3.88. The maximum atomic E-state index is 13.9. The summed E-state index contributed by atoms with van der Waals surface area (Å²) in [4.78, 5) is 9.45. The van der Waals surface area contributed by atoms with Gasteiger partial charge in [-0.2, -0.15) is 0 Å². The van der Waals surface area contributed by atoms with Crippen LogP contribution in [0.5, 0.6) is 0 Å². The Morgan fingerprint density at radius 3 is 2.82 bits per heavy atom. The lowest BCUT2D eigenvalue weighted by Crippen LogP contribution is -2.43. The summed E-state index contributed by atoms with van der Waals surface area (Å²) in [5, 5.41) is 3.40. The third kappa shape index (κ3) is 5.90. The Hall–Kier alpha value is -1.70. The topological polar surface area (TPSA) is 49.3 Å². The number of rotatable bonds is 7. The summed E-state index contributed by atoms with van der Waals surface area (Å²) in [5.41, 5.74) is 0.966. The minimum Gasteiger partial charge on any atom is -0.381 e. The van der Waals surface area contributed by atoms with Crippen LogP contribution in [0.25, 0.3) is 0 Å². The molecule has 0 aromatic heterocycles. The lowest BCUT2D eigenvalue weighted by molar-refractivity contribution is 0.0179. The van der Waals surface area contributed by atoms with Crippen LogP contribution in [-0.2, 0) is 9.47 Å². The molecule has 2 fully saturated rings. The molecule has 0 radical (unpaired) electrons. The minimum absolute atomic E-state index is 0.0384. The number of nitrogens with one attached hydrogen (secondary N) is 1. The molecule has 2 unspecified atom stereocenters. The number of nitrogens with zero attached hydrogens (tertiary/aromatic N) is 3. The Labute approximate surface area is 167 Å². The second kappa shape index (κ2) is 10.7. The fraction of sp³-hybridized carbons (Fsp3) is 0.667. The molecule has 2 atom stereocenters. The van der Waals surface area contributed by atoms with Crippen molar-refractivity contribution < 1.29 is 13.9 Å². The number of benzene rings is 1. The minimum atomic E-state index is -0.204. The number of hydrogen-bond acceptors (Lipinski definition) is 4. The maximum absolute atomic E-state index is 13.9. The van der Waals surface area contributed by atoms with Gasteiger partial charge in [0.2, 0.25) is 0 Å². The van der Waals surface area contributed by atoms with E-state index in [9.17, 15) is 4.39 Å². The van der Waals surface area contributed by atoms with Gasteiger partial charge >= 0.3 is 0 Å². The van der Waals surface area contributed by atoms with Gasteiger partial charge in [-0.25, -0.2) is 4.39 Å². The number of aliphatic imine (C=N–C) groups is 1. The largest absolute Gasteiger partial charge is 0.381 e. The lowest BCUT2D eigenvalue weighted by atomic mass is 10.0. The Morgan fingerprint density at radius 2 is 2.14 bits per heavy atom. The smallest absolute Gasteiger partial charge is 0.193 e. The van der Waals surface area contributed by atoms with Crippen molar-refractivity contribution in [3.05, 3.63) is 35.6 Å². The molecule has 3 rings (SSSR count). The molecule has 1 aromatic rings. The SMILES string of the molecule is CCNC(=NCC(c1cccc(F)c1)N1CCOCC1)N(C)CC1CCOC1. The summed E-state index contributed by atoms with van der Waals surface area (Å²) >= 11 is 0. The summed E-state index contributed by atoms with van der Waals surface area (Å²) < 4.78 is 24.9. The van der Waals surface area contributed by atoms with Crippen molar-refractivity contribution in [3.8, 4) is 0 Å². The molecule has 7 heteroatoms. The van der Waals surface area contributed by atoms with Gasteiger partial charge in [0.1, 0.15) is 5.82 Å². The summed E-state index contributed by atoms with van der Waals surface area (Å²) in [6.45, 7) is 9.15. The highest BCUT2D eigenvalue weighted by atomic mass is 19.1. The Balaban J connectivity index is 1.74. The van der Waals surface area contributed by atoms with Crippen LogP contribution in [0.15, 0.2) is 29.3 Å². The van der Waals surface area contributed by atoms with Gasteiger partial charge in [-0.15, -0.1) is 0 Å². The van der Waals surface area contributed by atoms with Crippen molar-refractivity contribution in [1.29, 1.82) is 0 Å². The molecular weight excluding hydrogens is 359 g/mol. The van der Waals surface area contributed by atoms with Gasteiger partial charge < -0.3 is 19.7 Å². The van der Waals surface area contributed by atoms with Crippen LogP contribution in [0.3, 0.4) is 0 Å². The average Bonchev–Trinajstić information content (AvgIpc) is 3.21. The third-order valence-corrected chi connectivity index (χ3v) is 5.39. The number of ether oxygens (including phenoxy) is 2. The van der Waals surface area contributed by atoms with Crippen molar-refractivity contribution in [3.63, 3.8) is 0 Å². The molecule has 2 aliphatic rings. The van der Waals surface area contributed by atoms with Crippen molar-refractivity contribution >= 4 is 5.96 Å². The van der Waals surface area contributed by atoms with E-state index in [2.05, 4.69) is 29.1 Å². The average molecular weight is 393 g/mol. The molecule has 2 aliphatic heterocycles. The number of hydrogen-bond donors (Lipinski definition) is 1. The first-order valence-corrected chi connectivity index (χ1v) is 10.3. The van der Waals surface area contributed by atoms with E-state index in [0.717, 1.165) is 57.3 Å². The normalized spacial score (nSPS) is 22.2. The first-order chi connectivity index (χ1) is 13.7. The van der Waals surface area contributed by atoms with Crippen LogP contribution < -0.4 is 5.32 Å². The first kappa shape index (κ1) is 21.0. The predicted octanol–water partition coefficient (Wildman–Crippen LogP) is 2.13. The third-order valence-electron chi connectivity index (χ3n) is 5.39. The van der Waals surface area contributed by atoms with E-state index in [1.165, 1.54) is 6.07 Å². The van der Waals surface area contributed by atoms with E-state index in [0.29, 0.717) is 25.7 Å². The molecule has 2 saturated heterocycles. The van der Waals surface area contributed by atoms with E-state index in [1.807, 2.05) is 6.07 Å². The summed E-state index contributed by atoms with van der Waals surface area (Å²) in [5.74, 6) is 1.24. The van der Waals surface area contributed by atoms with Crippen molar-refractivity contribution in [2.24, 2.45) is 10.9 Å². The molecule has 1 N–H and O–H groups in total. The van der Waals surface area contributed by atoms with Gasteiger partial charge in [-0.3, -0.25) is 9.89 Å². The van der Waals surface area contributed by atoms with E-state index < -0.39 is 0 Å². The highest BCUT2D eigenvalue weighted by Crippen LogP contribution is 2.23. The van der Waals surface area contributed by atoms with Crippen LogP contribution in [0.2, 0.25) is 0 Å². The molecule has 156 valence electrons. The van der Waals surface area contributed by atoms with Crippen LogP contribution in [-0.4, -0.2) is 82.0 Å². The Morgan fingerprint density at radius 1 is 1.32 bits per heavy atom. The highest BCUT2D eigenvalue weighted by molar-refractivity contribution is 5.79. The highest BCUT2D eigenvalue weighted by Gasteiger charge is 2.24. The van der Waals surface area contributed by atoms with Gasteiger partial charge in [-0.05, 0) is 31.0 Å². The zero-order chi connectivity index (χ0) is 19.8. The molecule has 0 amide bonds. The molecule has 2 heterocycles. The summed E-state index contributed by atoms with van der Waals surface area (Å²) in [7, 11) is 2.08. The number of halogens is 1. The Bertz CT molecular complexity index is 631. The summed E-state index contributed by atoms with van der Waals surface area (Å²) in [6.07, 6.45) is 1.10. The van der Waals surface area contributed by atoms with Crippen molar-refractivity contribution in [2.45, 2.75) is 19.4 Å². The van der Waals surface area contributed by atoms with Gasteiger partial charge in [0, 0.05) is 45.8 Å². The van der Waals surface area contributed by atoms with Crippen molar-refractivity contribution in [2.75, 3.05) is 66.2 Å². The van der Waals surface area contributed by atoms with Crippen LogP contribution in [0.1, 0.15) is 24.9 Å². The second-order valence-electron chi connectivity index (χ2n) is 7.52. The van der Waals surface area contributed by atoms with Gasteiger partial charge in [-0.1, -0.05) is 12.1 Å². The second-order valence-corrected chi connectivity index (χ2v) is 7.52. The molecule has 0 saturated carbocycles. The fourth-order valence-electron chi connectivity index (χ4n) is 3.88. The summed E-state index contributed by atoms with van der Waals surface area (Å²) in [6, 6.07) is 6.92. The molecular formula is C21H33FN4O2. The number of morpholine rings is 1. The van der Waals surface area contributed by atoms with Gasteiger partial charge in [0.15, 0.2) is 5.96 Å². The number of guanidine groups is 1.